The first kappa shape index (κ1) is 16.7. The van der Waals surface area contributed by atoms with Gasteiger partial charge in [-0.15, -0.1) is 11.3 Å². The van der Waals surface area contributed by atoms with Crippen LogP contribution in [0.4, 0.5) is 11.4 Å². The molecule has 0 radical (unpaired) electrons. The quantitative estimate of drug-likeness (QED) is 0.744. The molecule has 26 heavy (non-hydrogen) atoms. The van der Waals surface area contributed by atoms with Gasteiger partial charge in [0.15, 0.2) is 0 Å². The van der Waals surface area contributed by atoms with Gasteiger partial charge in [-0.3, -0.25) is 9.78 Å². The zero-order valence-corrected chi connectivity index (χ0v) is 15.2. The molecule has 0 unspecified atom stereocenters. The molecule has 1 N–H and O–H groups in total. The molecule has 4 rings (SSSR count). The Morgan fingerprint density at radius 2 is 1.92 bits per heavy atom. The maximum atomic E-state index is 12.5. The molecule has 1 fully saturated rings. The van der Waals surface area contributed by atoms with Crippen LogP contribution in [0, 0.1) is 0 Å². The fourth-order valence-corrected chi connectivity index (χ4v) is 3.96. The number of benzene rings is 1. The molecule has 132 valence electrons. The first-order valence-corrected chi connectivity index (χ1v) is 9.67. The van der Waals surface area contributed by atoms with Crippen LogP contribution in [-0.4, -0.2) is 29.0 Å². The molecule has 0 spiro atoms. The van der Waals surface area contributed by atoms with E-state index in [1.165, 1.54) is 24.2 Å². The Bertz CT molecular complexity index is 888. The van der Waals surface area contributed by atoms with Crippen LogP contribution in [0.2, 0.25) is 0 Å². The molecule has 2 aromatic heterocycles. The first-order valence-electron chi connectivity index (χ1n) is 8.79. The summed E-state index contributed by atoms with van der Waals surface area (Å²) in [5, 5.41) is 5.82. The Hall–Kier alpha value is -2.73. The molecule has 6 heteroatoms. The van der Waals surface area contributed by atoms with E-state index in [0.29, 0.717) is 0 Å². The number of carbonyl (C=O) groups is 1. The van der Waals surface area contributed by atoms with Gasteiger partial charge in [-0.05, 0) is 37.1 Å². The highest BCUT2D eigenvalue weighted by atomic mass is 32.1. The van der Waals surface area contributed by atoms with E-state index in [4.69, 9.17) is 0 Å². The molecule has 1 aliphatic rings. The van der Waals surface area contributed by atoms with Gasteiger partial charge in [0.2, 0.25) is 5.91 Å². The maximum Gasteiger partial charge on any atom is 0.230 e. The van der Waals surface area contributed by atoms with Crippen LogP contribution in [0.1, 0.15) is 18.5 Å². The second kappa shape index (κ2) is 7.66. The summed E-state index contributed by atoms with van der Waals surface area (Å²) in [6.45, 7) is 2.10. The van der Waals surface area contributed by atoms with Gasteiger partial charge in [-0.25, -0.2) is 4.98 Å². The molecule has 1 saturated heterocycles. The van der Waals surface area contributed by atoms with E-state index in [2.05, 4.69) is 26.3 Å². The number of amides is 1. The van der Waals surface area contributed by atoms with Crippen molar-refractivity contribution < 1.29 is 4.79 Å². The summed E-state index contributed by atoms with van der Waals surface area (Å²) in [6.07, 6.45) is 4.42. The third kappa shape index (κ3) is 3.75. The standard InChI is InChI=1S/C20H20N4OS/c25-19(13-15-14-26-20(22-15)17-8-3-4-10-21-17)23-16-7-1-2-9-18(16)24-11-5-6-12-24/h1-4,7-10,14H,5-6,11-13H2,(H,23,25). The lowest BCUT2D eigenvalue weighted by molar-refractivity contribution is -0.115. The van der Waals surface area contributed by atoms with E-state index in [1.807, 2.05) is 41.8 Å². The minimum absolute atomic E-state index is 0.0467. The zero-order valence-electron chi connectivity index (χ0n) is 14.4. The number of nitrogens with one attached hydrogen (secondary N) is 1. The lowest BCUT2D eigenvalue weighted by Gasteiger charge is -2.21. The molecule has 0 aliphatic carbocycles. The molecule has 1 amide bonds. The number of hydrogen-bond donors (Lipinski definition) is 1. The van der Waals surface area contributed by atoms with Crippen molar-refractivity contribution in [3.05, 3.63) is 59.7 Å². The smallest absolute Gasteiger partial charge is 0.230 e. The number of rotatable bonds is 5. The van der Waals surface area contributed by atoms with E-state index < -0.39 is 0 Å². The van der Waals surface area contributed by atoms with E-state index in [-0.39, 0.29) is 12.3 Å². The summed E-state index contributed by atoms with van der Waals surface area (Å²) in [7, 11) is 0. The summed E-state index contributed by atoms with van der Waals surface area (Å²) in [4.78, 5) is 23.7. The van der Waals surface area contributed by atoms with Crippen LogP contribution in [0.3, 0.4) is 0 Å². The predicted molar refractivity (Wildman–Crippen MR) is 106 cm³/mol. The summed E-state index contributed by atoms with van der Waals surface area (Å²) in [6, 6.07) is 13.7. The molecular formula is C20H20N4OS. The van der Waals surface area contributed by atoms with E-state index >= 15 is 0 Å². The number of anilines is 2. The van der Waals surface area contributed by atoms with E-state index in [9.17, 15) is 4.79 Å². The lowest BCUT2D eigenvalue weighted by Crippen LogP contribution is -2.21. The predicted octanol–water partition coefficient (Wildman–Crippen LogP) is 3.99. The normalized spacial score (nSPS) is 13.8. The number of nitrogens with zero attached hydrogens (tertiary/aromatic N) is 3. The minimum Gasteiger partial charge on any atom is -0.370 e. The van der Waals surface area contributed by atoms with Crippen LogP contribution >= 0.6 is 11.3 Å². The lowest BCUT2D eigenvalue weighted by atomic mass is 10.2. The Labute approximate surface area is 156 Å². The summed E-state index contributed by atoms with van der Waals surface area (Å²) >= 11 is 1.51. The number of aromatic nitrogens is 2. The molecular weight excluding hydrogens is 344 g/mol. The Morgan fingerprint density at radius 3 is 2.73 bits per heavy atom. The van der Waals surface area contributed by atoms with Gasteiger partial charge in [0.05, 0.1) is 29.2 Å². The largest absolute Gasteiger partial charge is 0.370 e. The van der Waals surface area contributed by atoms with Crippen LogP contribution < -0.4 is 10.2 Å². The molecule has 3 aromatic rings. The highest BCUT2D eigenvalue weighted by Gasteiger charge is 2.17. The average Bonchev–Trinajstić information content (AvgIpc) is 3.35. The number of para-hydroxylation sites is 2. The van der Waals surface area contributed by atoms with Crippen LogP contribution in [-0.2, 0) is 11.2 Å². The fourth-order valence-electron chi connectivity index (χ4n) is 3.17. The minimum atomic E-state index is -0.0467. The molecule has 1 aliphatic heterocycles. The second-order valence-corrected chi connectivity index (χ2v) is 7.15. The molecule has 1 aromatic carbocycles. The topological polar surface area (TPSA) is 58.1 Å². The average molecular weight is 364 g/mol. The van der Waals surface area contributed by atoms with Crippen molar-refractivity contribution in [2.75, 3.05) is 23.3 Å². The van der Waals surface area contributed by atoms with Gasteiger partial charge >= 0.3 is 0 Å². The number of carbonyl (C=O) groups excluding carboxylic acids is 1. The van der Waals surface area contributed by atoms with E-state index in [0.717, 1.165) is 40.9 Å². The fraction of sp³-hybridized carbons (Fsp3) is 0.250. The van der Waals surface area contributed by atoms with Crippen molar-refractivity contribution in [3.63, 3.8) is 0 Å². The first-order chi connectivity index (χ1) is 12.8. The van der Waals surface area contributed by atoms with Gasteiger partial charge in [0.25, 0.3) is 0 Å². The van der Waals surface area contributed by atoms with Gasteiger partial charge in [0.1, 0.15) is 5.01 Å². The molecule has 3 heterocycles. The summed E-state index contributed by atoms with van der Waals surface area (Å²) < 4.78 is 0. The molecule has 0 atom stereocenters. The SMILES string of the molecule is O=C(Cc1csc(-c2ccccn2)n1)Nc1ccccc1N1CCCC1. The van der Waals surface area contributed by atoms with Crippen molar-refractivity contribution in [2.45, 2.75) is 19.3 Å². The highest BCUT2D eigenvalue weighted by Crippen LogP contribution is 2.29. The number of thiazole rings is 1. The van der Waals surface area contributed by atoms with Crippen LogP contribution in [0.5, 0.6) is 0 Å². The second-order valence-electron chi connectivity index (χ2n) is 6.30. The van der Waals surface area contributed by atoms with Crippen LogP contribution in [0.25, 0.3) is 10.7 Å². The third-order valence-electron chi connectivity index (χ3n) is 4.40. The number of pyridine rings is 1. The Balaban J connectivity index is 1.44. The summed E-state index contributed by atoms with van der Waals surface area (Å²) in [5.41, 5.74) is 3.58. The summed E-state index contributed by atoms with van der Waals surface area (Å²) in [5.74, 6) is -0.0467. The Kier molecular flexibility index (Phi) is 4.93. The van der Waals surface area contributed by atoms with Gasteiger partial charge in [-0.1, -0.05) is 18.2 Å². The van der Waals surface area contributed by atoms with Crippen molar-refractivity contribution in [3.8, 4) is 10.7 Å². The monoisotopic (exact) mass is 364 g/mol. The van der Waals surface area contributed by atoms with Gasteiger partial charge < -0.3 is 10.2 Å². The zero-order chi connectivity index (χ0) is 17.8. The maximum absolute atomic E-state index is 12.5. The molecule has 0 bridgehead atoms. The van der Waals surface area contributed by atoms with Gasteiger partial charge in [-0.2, -0.15) is 0 Å². The van der Waals surface area contributed by atoms with Gasteiger partial charge in [0, 0.05) is 24.7 Å². The van der Waals surface area contributed by atoms with Crippen molar-refractivity contribution >= 4 is 28.6 Å². The number of hydrogen-bond acceptors (Lipinski definition) is 5. The molecule has 0 saturated carbocycles. The third-order valence-corrected chi connectivity index (χ3v) is 5.32. The van der Waals surface area contributed by atoms with Crippen molar-refractivity contribution in [1.29, 1.82) is 0 Å². The molecule has 5 nitrogen and oxygen atoms in total. The Morgan fingerprint density at radius 1 is 1.12 bits per heavy atom. The van der Waals surface area contributed by atoms with Crippen molar-refractivity contribution in [1.82, 2.24) is 9.97 Å². The highest BCUT2D eigenvalue weighted by molar-refractivity contribution is 7.13. The van der Waals surface area contributed by atoms with Crippen molar-refractivity contribution in [2.24, 2.45) is 0 Å². The van der Waals surface area contributed by atoms with Crippen LogP contribution in [0.15, 0.2) is 54.0 Å². The van der Waals surface area contributed by atoms with E-state index in [1.54, 1.807) is 6.20 Å².